The fraction of sp³-hybridized carbons (Fsp3) is 0.409. The lowest BCUT2D eigenvalue weighted by molar-refractivity contribution is -0.120. The number of hydrogen-bond acceptors (Lipinski definition) is 3. The maximum Gasteiger partial charge on any atom is 0.243 e. The lowest BCUT2D eigenvalue weighted by atomic mass is 9.88. The predicted octanol–water partition coefficient (Wildman–Crippen LogP) is 4.61. The van der Waals surface area contributed by atoms with Crippen molar-refractivity contribution in [3.05, 3.63) is 58.6 Å². The van der Waals surface area contributed by atoms with Gasteiger partial charge in [-0.1, -0.05) is 36.9 Å². The average molecular weight is 433 g/mol. The summed E-state index contributed by atoms with van der Waals surface area (Å²) in [6.45, 7) is 0.735. The molecule has 1 aliphatic carbocycles. The van der Waals surface area contributed by atoms with Gasteiger partial charge >= 0.3 is 0 Å². The molecule has 0 saturated heterocycles. The van der Waals surface area contributed by atoms with Crippen LogP contribution in [0.25, 0.3) is 0 Å². The molecule has 4 rings (SSSR count). The maximum atomic E-state index is 13.0. The molecule has 1 fully saturated rings. The zero-order valence-electron chi connectivity index (χ0n) is 16.2. The average Bonchev–Trinajstić information content (AvgIpc) is 2.74. The van der Waals surface area contributed by atoms with E-state index in [0.29, 0.717) is 24.5 Å². The van der Waals surface area contributed by atoms with E-state index in [4.69, 9.17) is 11.6 Å². The number of fused-ring (bicyclic) bond motifs is 1. The number of carbonyl (C=O) groups excluding carboxylic acids is 1. The van der Waals surface area contributed by atoms with Crippen LogP contribution in [0.3, 0.4) is 0 Å². The Kier molecular flexibility index (Phi) is 5.95. The molecule has 1 heterocycles. The molecule has 0 atom stereocenters. The zero-order valence-corrected chi connectivity index (χ0v) is 17.8. The van der Waals surface area contributed by atoms with Crippen molar-refractivity contribution in [2.45, 2.75) is 50.0 Å². The molecule has 0 spiro atoms. The Morgan fingerprint density at radius 2 is 1.72 bits per heavy atom. The van der Waals surface area contributed by atoms with E-state index in [-0.39, 0.29) is 16.7 Å². The molecule has 5 nitrogen and oxygen atoms in total. The molecular formula is C22H25ClN2O3S. The van der Waals surface area contributed by atoms with Gasteiger partial charge in [-0.3, -0.25) is 4.79 Å². The van der Waals surface area contributed by atoms with E-state index < -0.39 is 10.0 Å². The van der Waals surface area contributed by atoms with Crippen molar-refractivity contribution in [1.82, 2.24) is 4.31 Å². The molecule has 7 heteroatoms. The first-order chi connectivity index (χ1) is 13.9. The van der Waals surface area contributed by atoms with Crippen molar-refractivity contribution in [2.24, 2.45) is 5.92 Å². The molecule has 1 amide bonds. The standard InChI is InChI=1S/C22H25ClN2O3S/c23-19-7-10-21(11-8-19)29(27,28)25-13-12-16-6-9-20(14-18(16)15-25)24-22(26)17-4-2-1-3-5-17/h6-11,14,17H,1-5,12-13,15H2,(H,24,26). The van der Waals surface area contributed by atoms with Gasteiger partial charge in [0.25, 0.3) is 0 Å². The minimum atomic E-state index is -3.59. The highest BCUT2D eigenvalue weighted by atomic mass is 35.5. The fourth-order valence-electron chi connectivity index (χ4n) is 4.18. The van der Waals surface area contributed by atoms with Crippen molar-refractivity contribution in [3.63, 3.8) is 0 Å². The van der Waals surface area contributed by atoms with Gasteiger partial charge < -0.3 is 5.32 Å². The SMILES string of the molecule is O=C(Nc1ccc2c(c1)CN(S(=O)(=O)c1ccc(Cl)cc1)CC2)C1CCCCC1. The topological polar surface area (TPSA) is 66.5 Å². The van der Waals surface area contributed by atoms with Crippen molar-refractivity contribution < 1.29 is 13.2 Å². The Hall–Kier alpha value is -1.89. The molecule has 1 saturated carbocycles. The summed E-state index contributed by atoms with van der Waals surface area (Å²) in [7, 11) is -3.59. The number of rotatable bonds is 4. The number of benzene rings is 2. The number of anilines is 1. The molecule has 2 aromatic carbocycles. The van der Waals surface area contributed by atoms with E-state index in [1.165, 1.54) is 22.9 Å². The van der Waals surface area contributed by atoms with Gasteiger partial charge in [-0.05, 0) is 66.8 Å². The second kappa shape index (κ2) is 8.46. The minimum absolute atomic E-state index is 0.0751. The number of sulfonamides is 1. The van der Waals surface area contributed by atoms with Crippen LogP contribution in [0.1, 0.15) is 43.2 Å². The summed E-state index contributed by atoms with van der Waals surface area (Å²) in [5.74, 6) is 0.160. The summed E-state index contributed by atoms with van der Waals surface area (Å²) in [6, 6.07) is 12.1. The molecule has 0 bridgehead atoms. The van der Waals surface area contributed by atoms with Crippen LogP contribution in [0.5, 0.6) is 0 Å². The van der Waals surface area contributed by atoms with Gasteiger partial charge in [0, 0.05) is 29.7 Å². The second-order valence-electron chi connectivity index (χ2n) is 7.85. The van der Waals surface area contributed by atoms with Gasteiger partial charge in [0.15, 0.2) is 0 Å². The molecule has 2 aliphatic rings. The van der Waals surface area contributed by atoms with Crippen LogP contribution in [-0.2, 0) is 27.8 Å². The van der Waals surface area contributed by atoms with Gasteiger partial charge in [0.05, 0.1) is 4.90 Å². The van der Waals surface area contributed by atoms with Gasteiger partial charge in [-0.25, -0.2) is 8.42 Å². The van der Waals surface area contributed by atoms with Crippen LogP contribution in [0.4, 0.5) is 5.69 Å². The Bertz CT molecular complexity index is 999. The monoisotopic (exact) mass is 432 g/mol. The van der Waals surface area contributed by atoms with E-state index in [1.807, 2.05) is 18.2 Å². The predicted molar refractivity (Wildman–Crippen MR) is 114 cm³/mol. The summed E-state index contributed by atoms with van der Waals surface area (Å²) in [5.41, 5.74) is 2.81. The third-order valence-corrected chi connectivity index (χ3v) is 7.99. The number of nitrogens with one attached hydrogen (secondary N) is 1. The quantitative estimate of drug-likeness (QED) is 0.767. The van der Waals surface area contributed by atoms with E-state index in [1.54, 1.807) is 12.1 Å². The van der Waals surface area contributed by atoms with Crippen LogP contribution in [-0.4, -0.2) is 25.2 Å². The smallest absolute Gasteiger partial charge is 0.243 e. The third-order valence-electron chi connectivity index (χ3n) is 5.88. The highest BCUT2D eigenvalue weighted by Crippen LogP contribution is 2.29. The summed E-state index contributed by atoms with van der Waals surface area (Å²) >= 11 is 5.89. The van der Waals surface area contributed by atoms with Crippen LogP contribution < -0.4 is 5.32 Å². The summed E-state index contributed by atoms with van der Waals surface area (Å²) in [5, 5.41) is 3.54. The molecule has 1 aliphatic heterocycles. The third kappa shape index (κ3) is 4.49. The Morgan fingerprint density at radius 1 is 1.00 bits per heavy atom. The lowest BCUT2D eigenvalue weighted by Crippen LogP contribution is -2.36. The molecule has 0 unspecified atom stereocenters. The second-order valence-corrected chi connectivity index (χ2v) is 10.2. The Balaban J connectivity index is 1.50. The first-order valence-electron chi connectivity index (χ1n) is 10.1. The molecular weight excluding hydrogens is 408 g/mol. The largest absolute Gasteiger partial charge is 0.326 e. The summed E-state index contributed by atoms with van der Waals surface area (Å²) in [4.78, 5) is 12.8. The molecule has 1 N–H and O–H groups in total. The van der Waals surface area contributed by atoms with E-state index in [9.17, 15) is 13.2 Å². The fourth-order valence-corrected chi connectivity index (χ4v) is 5.72. The van der Waals surface area contributed by atoms with Gasteiger partial charge in [-0.2, -0.15) is 4.31 Å². The van der Waals surface area contributed by atoms with Crippen molar-refractivity contribution in [1.29, 1.82) is 0 Å². The molecule has 2 aromatic rings. The van der Waals surface area contributed by atoms with Gasteiger partial charge in [0.2, 0.25) is 15.9 Å². The van der Waals surface area contributed by atoms with Crippen LogP contribution >= 0.6 is 11.6 Å². The normalized spacial score (nSPS) is 18.2. The van der Waals surface area contributed by atoms with Crippen LogP contribution in [0, 0.1) is 5.92 Å². The zero-order chi connectivity index (χ0) is 20.4. The molecule has 154 valence electrons. The highest BCUT2D eigenvalue weighted by Gasteiger charge is 2.29. The van der Waals surface area contributed by atoms with Crippen molar-refractivity contribution in [2.75, 3.05) is 11.9 Å². The Morgan fingerprint density at radius 3 is 2.45 bits per heavy atom. The first-order valence-corrected chi connectivity index (χ1v) is 11.9. The highest BCUT2D eigenvalue weighted by molar-refractivity contribution is 7.89. The van der Waals surface area contributed by atoms with E-state index >= 15 is 0 Å². The number of halogens is 1. The minimum Gasteiger partial charge on any atom is -0.326 e. The van der Waals surface area contributed by atoms with Gasteiger partial charge in [-0.15, -0.1) is 0 Å². The first kappa shape index (κ1) is 20.4. The summed E-state index contributed by atoms with van der Waals surface area (Å²) < 4.78 is 27.5. The van der Waals surface area contributed by atoms with Crippen LogP contribution in [0.15, 0.2) is 47.4 Å². The van der Waals surface area contributed by atoms with Crippen LogP contribution in [0.2, 0.25) is 5.02 Å². The van der Waals surface area contributed by atoms with Crippen molar-refractivity contribution in [3.8, 4) is 0 Å². The molecule has 0 aromatic heterocycles. The summed E-state index contributed by atoms with van der Waals surface area (Å²) in [6.07, 6.45) is 5.98. The van der Waals surface area contributed by atoms with E-state index in [0.717, 1.165) is 42.5 Å². The molecule has 29 heavy (non-hydrogen) atoms. The number of hydrogen-bond donors (Lipinski definition) is 1. The van der Waals surface area contributed by atoms with Gasteiger partial charge in [0.1, 0.15) is 0 Å². The Labute approximate surface area is 177 Å². The maximum absolute atomic E-state index is 13.0. The van der Waals surface area contributed by atoms with Crippen molar-refractivity contribution >= 4 is 33.2 Å². The lowest BCUT2D eigenvalue weighted by Gasteiger charge is -2.28. The molecule has 0 radical (unpaired) electrons. The number of carbonyl (C=O) groups is 1. The number of amides is 1. The number of nitrogens with zero attached hydrogens (tertiary/aromatic N) is 1. The van der Waals surface area contributed by atoms with E-state index in [2.05, 4.69) is 5.32 Å².